The van der Waals surface area contributed by atoms with Gasteiger partial charge < -0.3 is 9.88 Å². The van der Waals surface area contributed by atoms with Crippen LogP contribution in [0.5, 0.6) is 0 Å². The summed E-state index contributed by atoms with van der Waals surface area (Å²) in [6.07, 6.45) is 5.61. The molecule has 1 N–H and O–H groups in total. The van der Waals surface area contributed by atoms with Gasteiger partial charge in [-0.3, -0.25) is 4.90 Å². The predicted molar refractivity (Wildman–Crippen MR) is 72.0 cm³/mol. The summed E-state index contributed by atoms with van der Waals surface area (Å²) in [4.78, 5) is 2.49. The first kappa shape index (κ1) is 12.7. The maximum atomic E-state index is 3.67. The Kier molecular flexibility index (Phi) is 3.89. The van der Waals surface area contributed by atoms with Crippen LogP contribution >= 0.6 is 0 Å². The molecule has 1 aliphatic rings. The second kappa shape index (κ2) is 5.23. The molecule has 3 atom stereocenters. The zero-order valence-corrected chi connectivity index (χ0v) is 11.5. The van der Waals surface area contributed by atoms with E-state index < -0.39 is 0 Å². The molecule has 17 heavy (non-hydrogen) atoms. The highest BCUT2D eigenvalue weighted by Crippen LogP contribution is 2.32. The molecule has 0 aromatic carbocycles. The van der Waals surface area contributed by atoms with Gasteiger partial charge in [-0.25, -0.2) is 0 Å². The summed E-state index contributed by atoms with van der Waals surface area (Å²) in [7, 11) is 4.34. The molecule has 3 nitrogen and oxygen atoms in total. The Bertz CT molecular complexity index is 358. The molecule has 1 fully saturated rings. The first-order chi connectivity index (χ1) is 8.13. The molecule has 96 valence electrons. The van der Waals surface area contributed by atoms with Crippen molar-refractivity contribution < 1.29 is 0 Å². The molecule has 0 saturated carbocycles. The van der Waals surface area contributed by atoms with E-state index in [4.69, 9.17) is 0 Å². The predicted octanol–water partition coefficient (Wildman–Crippen LogP) is 2.02. The lowest BCUT2D eigenvalue weighted by molar-refractivity contribution is 0.191. The summed E-state index contributed by atoms with van der Waals surface area (Å²) in [6, 6.07) is 3.43. The van der Waals surface area contributed by atoms with Crippen LogP contribution in [0.4, 0.5) is 0 Å². The van der Waals surface area contributed by atoms with Gasteiger partial charge in [0.25, 0.3) is 0 Å². The average Bonchev–Trinajstić information content (AvgIpc) is 2.65. The molecule has 0 bridgehead atoms. The first-order valence-corrected chi connectivity index (χ1v) is 6.69. The normalized spacial score (nSPS) is 31.4. The zero-order valence-electron chi connectivity index (χ0n) is 11.5. The lowest BCUT2D eigenvalue weighted by atomic mass is 9.88. The van der Waals surface area contributed by atoms with E-state index in [1.165, 1.54) is 12.0 Å². The van der Waals surface area contributed by atoms with Gasteiger partial charge in [0.15, 0.2) is 0 Å². The van der Waals surface area contributed by atoms with E-state index in [1.54, 1.807) is 0 Å². The Morgan fingerprint density at radius 2 is 2.18 bits per heavy atom. The number of hydrogen-bond donors (Lipinski definition) is 1. The van der Waals surface area contributed by atoms with Crippen molar-refractivity contribution in [1.82, 2.24) is 14.8 Å². The van der Waals surface area contributed by atoms with Gasteiger partial charge in [-0.05, 0) is 31.0 Å². The molecular weight excluding hydrogens is 210 g/mol. The van der Waals surface area contributed by atoms with Gasteiger partial charge in [-0.1, -0.05) is 13.8 Å². The van der Waals surface area contributed by atoms with E-state index in [0.717, 1.165) is 13.1 Å². The molecular formula is C14H25N3. The molecule has 1 aliphatic heterocycles. The number of likely N-dealkylation sites (N-methyl/N-ethyl adjacent to an activating group) is 1. The number of nitrogens with one attached hydrogen (secondary N) is 1. The van der Waals surface area contributed by atoms with Gasteiger partial charge in [0.05, 0.1) is 0 Å². The summed E-state index contributed by atoms with van der Waals surface area (Å²) < 4.78 is 2.15. The van der Waals surface area contributed by atoms with Crippen LogP contribution in [-0.4, -0.2) is 35.6 Å². The highest BCUT2D eigenvalue weighted by atomic mass is 15.2. The van der Waals surface area contributed by atoms with Crippen molar-refractivity contribution in [1.29, 1.82) is 0 Å². The first-order valence-electron chi connectivity index (χ1n) is 6.69. The van der Waals surface area contributed by atoms with Crippen molar-refractivity contribution in [2.75, 3.05) is 20.1 Å². The van der Waals surface area contributed by atoms with E-state index in [-0.39, 0.29) is 0 Å². The fourth-order valence-corrected chi connectivity index (χ4v) is 3.15. The van der Waals surface area contributed by atoms with Crippen LogP contribution in [0.25, 0.3) is 0 Å². The molecule has 3 heteroatoms. The molecule has 1 aromatic rings. The lowest BCUT2D eigenvalue weighted by Crippen LogP contribution is -2.36. The van der Waals surface area contributed by atoms with Crippen LogP contribution in [0.15, 0.2) is 18.5 Å². The van der Waals surface area contributed by atoms with Crippen LogP contribution < -0.4 is 5.32 Å². The molecule has 2 heterocycles. The van der Waals surface area contributed by atoms with Gasteiger partial charge in [0.2, 0.25) is 0 Å². The second-order valence-corrected chi connectivity index (χ2v) is 5.36. The number of hydrogen-bond acceptors (Lipinski definition) is 2. The largest absolute Gasteiger partial charge is 0.357 e. The molecule has 0 radical (unpaired) electrons. The number of aromatic nitrogens is 1. The summed E-state index contributed by atoms with van der Waals surface area (Å²) in [5, 5.41) is 3.67. The van der Waals surface area contributed by atoms with Crippen LogP contribution in [0, 0.1) is 5.92 Å². The number of nitrogens with zero attached hydrogens (tertiary/aromatic N) is 2. The minimum Gasteiger partial charge on any atom is -0.357 e. The minimum absolute atomic E-state index is 0.538. The molecule has 0 amide bonds. The summed E-state index contributed by atoms with van der Waals surface area (Å²) in [6.45, 7) is 6.88. The van der Waals surface area contributed by atoms with Crippen molar-refractivity contribution >= 4 is 0 Å². The van der Waals surface area contributed by atoms with Crippen molar-refractivity contribution in [3.63, 3.8) is 0 Å². The van der Waals surface area contributed by atoms with Gasteiger partial charge in [0, 0.05) is 44.6 Å². The van der Waals surface area contributed by atoms with E-state index >= 15 is 0 Å². The van der Waals surface area contributed by atoms with E-state index in [2.05, 4.69) is 61.2 Å². The number of rotatable bonds is 2. The molecule has 1 saturated heterocycles. The molecule has 2 rings (SSSR count). The topological polar surface area (TPSA) is 20.2 Å². The van der Waals surface area contributed by atoms with Crippen LogP contribution in [0.3, 0.4) is 0 Å². The monoisotopic (exact) mass is 235 g/mol. The van der Waals surface area contributed by atoms with E-state index in [9.17, 15) is 0 Å². The van der Waals surface area contributed by atoms with Gasteiger partial charge >= 0.3 is 0 Å². The Hall–Kier alpha value is -0.800. The van der Waals surface area contributed by atoms with Crippen molar-refractivity contribution in [2.24, 2.45) is 13.0 Å². The Morgan fingerprint density at radius 3 is 2.76 bits per heavy atom. The SMILES string of the molecule is CCC1NCCN(C)[C@@H](c2ccn(C)c2)[C@@H]1C. The maximum absolute atomic E-state index is 3.67. The molecule has 0 aliphatic carbocycles. The Balaban J connectivity index is 2.26. The van der Waals surface area contributed by atoms with Crippen molar-refractivity contribution in [3.8, 4) is 0 Å². The molecule has 1 unspecified atom stereocenters. The van der Waals surface area contributed by atoms with Gasteiger partial charge in [0.1, 0.15) is 0 Å². The van der Waals surface area contributed by atoms with E-state index in [1.807, 2.05) is 0 Å². The van der Waals surface area contributed by atoms with Crippen LogP contribution in [0.1, 0.15) is 31.9 Å². The minimum atomic E-state index is 0.538. The summed E-state index contributed by atoms with van der Waals surface area (Å²) in [5.41, 5.74) is 1.45. The van der Waals surface area contributed by atoms with E-state index in [0.29, 0.717) is 18.0 Å². The smallest absolute Gasteiger partial charge is 0.0400 e. The summed E-state index contributed by atoms with van der Waals surface area (Å²) >= 11 is 0. The molecule has 0 spiro atoms. The molecule has 1 aromatic heterocycles. The van der Waals surface area contributed by atoms with Crippen molar-refractivity contribution in [2.45, 2.75) is 32.4 Å². The summed E-state index contributed by atoms with van der Waals surface area (Å²) in [5.74, 6) is 0.648. The average molecular weight is 235 g/mol. The Morgan fingerprint density at radius 1 is 1.41 bits per heavy atom. The fourth-order valence-electron chi connectivity index (χ4n) is 3.15. The highest BCUT2D eigenvalue weighted by Gasteiger charge is 2.31. The van der Waals surface area contributed by atoms with Crippen molar-refractivity contribution in [3.05, 3.63) is 24.0 Å². The third-order valence-electron chi connectivity index (χ3n) is 4.11. The van der Waals surface area contributed by atoms with Crippen LogP contribution in [0.2, 0.25) is 0 Å². The quantitative estimate of drug-likeness (QED) is 0.846. The lowest BCUT2D eigenvalue weighted by Gasteiger charge is -2.32. The third kappa shape index (κ3) is 2.55. The highest BCUT2D eigenvalue weighted by molar-refractivity contribution is 5.17. The maximum Gasteiger partial charge on any atom is 0.0400 e. The fraction of sp³-hybridized carbons (Fsp3) is 0.714. The third-order valence-corrected chi connectivity index (χ3v) is 4.11. The standard InChI is InChI=1S/C14H25N3/c1-5-13-11(2)14(17(4)9-7-15-13)12-6-8-16(3)10-12/h6,8,10-11,13-15H,5,7,9H2,1-4H3/t11-,13?,14-/m1/s1. The van der Waals surface area contributed by atoms with Gasteiger partial charge in [-0.2, -0.15) is 0 Å². The Labute approximate surface area is 105 Å². The number of aryl methyl sites for hydroxylation is 1. The van der Waals surface area contributed by atoms with Crippen LogP contribution in [-0.2, 0) is 7.05 Å². The van der Waals surface area contributed by atoms with Gasteiger partial charge in [-0.15, -0.1) is 0 Å². The second-order valence-electron chi connectivity index (χ2n) is 5.36. The zero-order chi connectivity index (χ0) is 12.4.